The molecule has 1 fully saturated rings. The molecule has 0 bridgehead atoms. The summed E-state index contributed by atoms with van der Waals surface area (Å²) in [5, 5.41) is 0. The molecule has 260 valence electrons. The van der Waals surface area contributed by atoms with E-state index in [0.717, 1.165) is 37.7 Å². The van der Waals surface area contributed by atoms with Crippen LogP contribution in [0.25, 0.3) is 0 Å². The first-order valence-corrected chi connectivity index (χ1v) is 15.8. The highest BCUT2D eigenvalue weighted by Crippen LogP contribution is 2.37. The number of halogens is 6. The van der Waals surface area contributed by atoms with E-state index < -0.39 is 59.0 Å². The van der Waals surface area contributed by atoms with Gasteiger partial charge in [0.15, 0.2) is 0 Å². The van der Waals surface area contributed by atoms with Crippen LogP contribution in [0.4, 0.5) is 26.3 Å². The molecule has 1 aliphatic heterocycles. The first-order valence-electron chi connectivity index (χ1n) is 15.8. The van der Waals surface area contributed by atoms with E-state index in [2.05, 4.69) is 6.92 Å². The Morgan fingerprint density at radius 2 is 1.45 bits per heavy atom. The molecule has 1 amide bonds. The number of hydrogen-bond donors (Lipinski definition) is 0. The Hall–Kier alpha value is -3.61. The molecule has 2 atom stereocenters. The molecule has 0 spiro atoms. The molecule has 13 heteroatoms. The van der Waals surface area contributed by atoms with Crippen molar-refractivity contribution in [3.63, 3.8) is 0 Å². The van der Waals surface area contributed by atoms with Gasteiger partial charge in [0.2, 0.25) is 0 Å². The summed E-state index contributed by atoms with van der Waals surface area (Å²) < 4.78 is 91.7. The number of ether oxygens (including phenoxy) is 2. The summed E-state index contributed by atoms with van der Waals surface area (Å²) >= 11 is 0. The van der Waals surface area contributed by atoms with Crippen molar-refractivity contribution in [2.45, 2.75) is 89.1 Å². The second-order valence-electron chi connectivity index (χ2n) is 11.8. The van der Waals surface area contributed by atoms with Crippen LogP contribution in [-0.4, -0.2) is 73.1 Å². The van der Waals surface area contributed by atoms with E-state index in [0.29, 0.717) is 18.6 Å². The monoisotopic (exact) mass is 672 g/mol. The van der Waals surface area contributed by atoms with Crippen molar-refractivity contribution in [2.24, 2.45) is 0 Å². The van der Waals surface area contributed by atoms with E-state index >= 15 is 0 Å². The maximum Gasteiger partial charge on any atom is 0.416 e. The topological polar surface area (TPSA) is 76.2 Å². The normalized spacial score (nSPS) is 17.1. The minimum atomic E-state index is -5.11. The van der Waals surface area contributed by atoms with Crippen molar-refractivity contribution in [2.75, 3.05) is 33.4 Å². The summed E-state index contributed by atoms with van der Waals surface area (Å²) in [7, 11) is 1.21. The van der Waals surface area contributed by atoms with Gasteiger partial charge in [0.05, 0.1) is 37.9 Å². The first-order chi connectivity index (χ1) is 22.2. The lowest BCUT2D eigenvalue weighted by Crippen LogP contribution is -2.54. The van der Waals surface area contributed by atoms with Crippen LogP contribution >= 0.6 is 0 Å². The summed E-state index contributed by atoms with van der Waals surface area (Å²) in [4.78, 5) is 41.7. The Morgan fingerprint density at radius 1 is 0.851 bits per heavy atom. The van der Waals surface area contributed by atoms with Gasteiger partial charge in [0, 0.05) is 24.2 Å². The van der Waals surface area contributed by atoms with Crippen LogP contribution in [0.2, 0.25) is 0 Å². The van der Waals surface area contributed by atoms with E-state index in [-0.39, 0.29) is 51.6 Å². The number of rotatable bonds is 15. The second-order valence-corrected chi connectivity index (χ2v) is 11.8. The van der Waals surface area contributed by atoms with Crippen LogP contribution in [0.3, 0.4) is 0 Å². The van der Waals surface area contributed by atoms with Gasteiger partial charge in [-0.3, -0.25) is 19.3 Å². The smallest absolute Gasteiger partial charge is 0.416 e. The Labute approximate surface area is 271 Å². The number of amides is 1. The van der Waals surface area contributed by atoms with Crippen LogP contribution in [0, 0.1) is 0 Å². The molecule has 7 nitrogen and oxygen atoms in total. The van der Waals surface area contributed by atoms with Crippen LogP contribution in [0.5, 0.6) is 0 Å². The summed E-state index contributed by atoms with van der Waals surface area (Å²) in [5.74, 6) is -2.11. The van der Waals surface area contributed by atoms with Crippen LogP contribution in [0.1, 0.15) is 85.3 Å². The summed E-state index contributed by atoms with van der Waals surface area (Å²) in [6, 6.07) is 8.66. The van der Waals surface area contributed by atoms with Gasteiger partial charge in [0.25, 0.3) is 5.91 Å². The number of nitrogens with zero attached hydrogens (tertiary/aromatic N) is 2. The fourth-order valence-corrected chi connectivity index (χ4v) is 5.78. The molecule has 47 heavy (non-hydrogen) atoms. The molecule has 0 aliphatic carbocycles. The zero-order valence-electron chi connectivity index (χ0n) is 26.7. The van der Waals surface area contributed by atoms with Gasteiger partial charge in [-0.15, -0.1) is 0 Å². The van der Waals surface area contributed by atoms with Crippen molar-refractivity contribution in [1.29, 1.82) is 0 Å². The Bertz CT molecular complexity index is 1290. The third-order valence-electron chi connectivity index (χ3n) is 8.27. The molecule has 0 N–H and O–H groups in total. The van der Waals surface area contributed by atoms with Crippen molar-refractivity contribution in [3.05, 3.63) is 70.8 Å². The highest BCUT2D eigenvalue weighted by atomic mass is 19.4. The number of piperidine rings is 1. The molecular formula is C34H42F6N2O5. The molecule has 1 saturated heterocycles. The molecule has 0 aromatic heterocycles. The van der Waals surface area contributed by atoms with Gasteiger partial charge in [-0.05, 0) is 49.4 Å². The summed E-state index contributed by atoms with van der Waals surface area (Å²) in [5.41, 5.74) is -3.09. The van der Waals surface area contributed by atoms with Crippen molar-refractivity contribution in [1.82, 2.24) is 9.80 Å². The standard InChI is InChI=1S/C34H42F6N2O5/c1-3-4-5-6-7-11-16-47-31(44)23-41(22-30(43)46-2)28-14-15-42(29(21-28)17-24-12-9-8-10-13-24)32(45)25-18-26(33(35,36)37)20-27(19-25)34(38,39)40/h8-10,12-13,18-20,28-29H,3-7,11,14-17,21-23H2,1-2H3/t28-,29+/m0/s1. The van der Waals surface area contributed by atoms with E-state index in [9.17, 15) is 40.7 Å². The molecule has 1 heterocycles. The minimum absolute atomic E-state index is 0.0132. The lowest BCUT2D eigenvalue weighted by Gasteiger charge is -2.43. The number of hydrogen-bond acceptors (Lipinski definition) is 6. The van der Waals surface area contributed by atoms with Crippen LogP contribution in [-0.2, 0) is 37.8 Å². The average molecular weight is 673 g/mol. The van der Waals surface area contributed by atoms with Crippen LogP contribution < -0.4 is 0 Å². The molecular weight excluding hydrogens is 630 g/mol. The van der Waals surface area contributed by atoms with E-state index in [4.69, 9.17) is 9.47 Å². The van der Waals surface area contributed by atoms with Crippen molar-refractivity contribution >= 4 is 17.8 Å². The molecule has 2 aromatic rings. The largest absolute Gasteiger partial charge is 0.468 e. The highest BCUT2D eigenvalue weighted by molar-refractivity contribution is 5.95. The molecule has 0 saturated carbocycles. The quantitative estimate of drug-likeness (QED) is 0.112. The first kappa shape index (κ1) is 37.8. The third kappa shape index (κ3) is 11.9. The Morgan fingerprint density at radius 3 is 2.04 bits per heavy atom. The van der Waals surface area contributed by atoms with Crippen molar-refractivity contribution < 1.29 is 50.2 Å². The van der Waals surface area contributed by atoms with Gasteiger partial charge in [0.1, 0.15) is 0 Å². The SMILES string of the molecule is CCCCCCCCOC(=O)CN(CC(=O)OC)[C@H]1CCN(C(=O)c2cc(C(F)(F)F)cc(C(F)(F)F)c2)[C@H](Cc2ccccc2)C1. The fraction of sp³-hybridized carbons (Fsp3) is 0.559. The second kappa shape index (κ2) is 17.5. The van der Waals surface area contributed by atoms with Crippen molar-refractivity contribution in [3.8, 4) is 0 Å². The maximum atomic E-state index is 13.7. The lowest BCUT2D eigenvalue weighted by atomic mass is 9.90. The van der Waals surface area contributed by atoms with E-state index in [1.54, 1.807) is 35.2 Å². The van der Waals surface area contributed by atoms with Gasteiger partial charge >= 0.3 is 24.3 Å². The third-order valence-corrected chi connectivity index (χ3v) is 8.27. The molecule has 0 radical (unpaired) electrons. The average Bonchev–Trinajstić information content (AvgIpc) is 3.03. The number of esters is 2. The Balaban J connectivity index is 1.84. The van der Waals surface area contributed by atoms with E-state index in [1.807, 2.05) is 0 Å². The zero-order chi connectivity index (χ0) is 34.6. The van der Waals surface area contributed by atoms with Gasteiger partial charge in [-0.2, -0.15) is 26.3 Å². The predicted octanol–water partition coefficient (Wildman–Crippen LogP) is 7.32. The van der Waals surface area contributed by atoms with Gasteiger partial charge in [-0.25, -0.2) is 0 Å². The molecule has 2 aromatic carbocycles. The number of likely N-dealkylation sites (tertiary alicyclic amines) is 1. The number of methoxy groups -OCH3 is 1. The fourth-order valence-electron chi connectivity index (χ4n) is 5.78. The number of benzene rings is 2. The molecule has 3 rings (SSSR count). The summed E-state index contributed by atoms with van der Waals surface area (Å²) in [6.45, 7) is 1.84. The van der Waals surface area contributed by atoms with Gasteiger partial charge < -0.3 is 14.4 Å². The van der Waals surface area contributed by atoms with Crippen LogP contribution in [0.15, 0.2) is 48.5 Å². The predicted molar refractivity (Wildman–Crippen MR) is 162 cm³/mol. The minimum Gasteiger partial charge on any atom is -0.468 e. The number of carbonyl (C=O) groups is 3. The number of carbonyl (C=O) groups excluding carboxylic acids is 3. The number of unbranched alkanes of at least 4 members (excludes halogenated alkanes) is 5. The Kier molecular flexibility index (Phi) is 14.1. The molecule has 0 unspecified atom stereocenters. The van der Waals surface area contributed by atoms with Gasteiger partial charge in [-0.1, -0.05) is 69.4 Å². The lowest BCUT2D eigenvalue weighted by molar-refractivity contribution is -0.149. The zero-order valence-corrected chi connectivity index (χ0v) is 26.7. The summed E-state index contributed by atoms with van der Waals surface area (Å²) in [6.07, 6.45) is -3.55. The number of alkyl halides is 6. The van der Waals surface area contributed by atoms with E-state index in [1.165, 1.54) is 12.0 Å². The highest BCUT2D eigenvalue weighted by Gasteiger charge is 2.40. The maximum absolute atomic E-state index is 13.7. The molecule has 1 aliphatic rings.